The first-order valence-corrected chi connectivity index (χ1v) is 14.7. The monoisotopic (exact) mass is 561 g/mol. The summed E-state index contributed by atoms with van der Waals surface area (Å²) in [6.45, 7) is 8.74. The maximum Gasteiger partial charge on any atom is 0.261 e. The molecule has 4 fully saturated rings. The molecule has 1 aliphatic heterocycles. The number of hydrogen-bond acceptors (Lipinski definition) is 5. The predicted octanol–water partition coefficient (Wildman–Crippen LogP) is 4.69. The second kappa shape index (κ2) is 10.7. The summed E-state index contributed by atoms with van der Waals surface area (Å²) in [5.74, 6) is 2.79. The van der Waals surface area contributed by atoms with E-state index in [0.29, 0.717) is 64.9 Å². The van der Waals surface area contributed by atoms with E-state index in [-0.39, 0.29) is 23.5 Å². The maximum absolute atomic E-state index is 14.4. The van der Waals surface area contributed by atoms with Gasteiger partial charge in [-0.15, -0.1) is 0 Å². The van der Waals surface area contributed by atoms with Crippen LogP contribution >= 0.6 is 0 Å². The highest BCUT2D eigenvalue weighted by molar-refractivity contribution is 5.96. The quantitative estimate of drug-likeness (QED) is 0.335. The van der Waals surface area contributed by atoms with Crippen LogP contribution in [0, 0.1) is 29.0 Å². The molecule has 0 spiro atoms. The Morgan fingerprint density at radius 3 is 2.76 bits per heavy atom. The van der Waals surface area contributed by atoms with Crippen molar-refractivity contribution < 1.29 is 14.2 Å². The van der Waals surface area contributed by atoms with Gasteiger partial charge in [0.1, 0.15) is 11.6 Å². The van der Waals surface area contributed by atoms with Gasteiger partial charge in [0.05, 0.1) is 36.5 Å². The number of aliphatic hydroxyl groups is 1. The molecule has 8 nitrogen and oxygen atoms in total. The number of likely N-dealkylation sites (tertiary alicyclic amines) is 1. The minimum absolute atomic E-state index is 0.162. The summed E-state index contributed by atoms with van der Waals surface area (Å²) in [5, 5.41) is 14.3. The van der Waals surface area contributed by atoms with Crippen molar-refractivity contribution >= 4 is 22.5 Å². The zero-order valence-electron chi connectivity index (χ0n) is 24.3. The molecule has 3 aromatic rings. The number of guanidine groups is 1. The third kappa shape index (κ3) is 5.20. The van der Waals surface area contributed by atoms with Gasteiger partial charge in [0, 0.05) is 31.4 Å². The van der Waals surface area contributed by atoms with Crippen LogP contribution in [0.4, 0.5) is 10.1 Å². The van der Waals surface area contributed by atoms with Crippen LogP contribution < -0.4 is 15.6 Å². The van der Waals surface area contributed by atoms with Crippen molar-refractivity contribution in [2.75, 3.05) is 25.5 Å². The summed E-state index contributed by atoms with van der Waals surface area (Å²) in [6, 6.07) is 10.5. The van der Waals surface area contributed by atoms with E-state index in [4.69, 9.17) is 9.73 Å². The van der Waals surface area contributed by atoms with Crippen molar-refractivity contribution in [3.8, 4) is 5.75 Å². The first kappa shape index (κ1) is 27.7. The number of ether oxygens (including phenoxy) is 1. The smallest absolute Gasteiger partial charge is 0.261 e. The zero-order valence-corrected chi connectivity index (χ0v) is 24.3. The summed E-state index contributed by atoms with van der Waals surface area (Å²) >= 11 is 0. The maximum atomic E-state index is 14.4. The fourth-order valence-electron chi connectivity index (χ4n) is 7.20. The molecule has 0 amide bonds. The van der Waals surface area contributed by atoms with E-state index < -0.39 is 0 Å². The number of fused-ring (bicyclic) bond motifs is 3. The van der Waals surface area contributed by atoms with E-state index >= 15 is 0 Å². The van der Waals surface area contributed by atoms with Crippen LogP contribution in [-0.4, -0.2) is 57.9 Å². The van der Waals surface area contributed by atoms with Gasteiger partial charge in [0.15, 0.2) is 5.96 Å². The van der Waals surface area contributed by atoms with Crippen molar-refractivity contribution in [2.45, 2.75) is 65.1 Å². The summed E-state index contributed by atoms with van der Waals surface area (Å²) < 4.78 is 21.0. The van der Waals surface area contributed by atoms with Crippen molar-refractivity contribution in [3.63, 3.8) is 0 Å². The van der Waals surface area contributed by atoms with Crippen LogP contribution in [0.1, 0.15) is 45.6 Å². The van der Waals surface area contributed by atoms with Crippen molar-refractivity contribution in [3.05, 3.63) is 64.5 Å². The summed E-state index contributed by atoms with van der Waals surface area (Å²) in [6.07, 6.45) is 4.64. The molecule has 41 heavy (non-hydrogen) atoms. The van der Waals surface area contributed by atoms with Crippen LogP contribution in [0.15, 0.2) is 52.5 Å². The van der Waals surface area contributed by atoms with E-state index in [1.54, 1.807) is 18.2 Å². The molecule has 9 heteroatoms. The lowest BCUT2D eigenvalue weighted by atomic mass is 9.45. The highest BCUT2D eigenvalue weighted by Crippen LogP contribution is 2.61. The molecule has 3 aliphatic carbocycles. The standard InChI is InChI=1S/C32H40FN5O3/c1-19-26-13-21(32(26,2)3)14-28(19)36-31(37-12-10-23(39)17-37)35-22-6-8-25-29(15-22)34-18-38(30(25)40)11-9-20-5-7-24(41-4)16-27(20)33/h5-8,15-16,18-19,21,23,26,28,39H,9-14,17H2,1-4H3,(H,35,36)/t19-,21-,23?,26+,28-/m0/s1. The summed E-state index contributed by atoms with van der Waals surface area (Å²) in [5.41, 5.74) is 2.13. The SMILES string of the molecule is COc1ccc(CCn2cnc3cc(N/C(=N/[C@H]4C[C@@H]5C[C@H]([C@@H]4C)C5(C)C)N4CCC(O)C4)ccc3c2=O)c(F)c1. The predicted molar refractivity (Wildman–Crippen MR) is 159 cm³/mol. The Bertz CT molecular complexity index is 1540. The van der Waals surface area contributed by atoms with E-state index in [2.05, 4.69) is 36.0 Å². The zero-order chi connectivity index (χ0) is 28.9. The molecule has 2 aromatic carbocycles. The first-order chi connectivity index (χ1) is 19.6. The summed E-state index contributed by atoms with van der Waals surface area (Å²) in [4.78, 5) is 25.2. The van der Waals surface area contributed by atoms with Gasteiger partial charge in [-0.2, -0.15) is 0 Å². The molecule has 1 aromatic heterocycles. The molecule has 7 rings (SSSR count). The highest BCUT2D eigenvalue weighted by Gasteiger charge is 2.56. The molecule has 1 saturated heterocycles. The Hall–Kier alpha value is -3.46. The number of β-amino-alcohol motifs (C(OH)–C–C–N with tert-alkyl or cyclic N) is 1. The van der Waals surface area contributed by atoms with Gasteiger partial charge >= 0.3 is 0 Å². The van der Waals surface area contributed by atoms with Gasteiger partial charge in [0.25, 0.3) is 5.56 Å². The fourth-order valence-corrected chi connectivity index (χ4v) is 7.20. The van der Waals surface area contributed by atoms with Crippen LogP contribution in [0.2, 0.25) is 0 Å². The molecule has 2 bridgehead atoms. The Labute approximate surface area is 240 Å². The summed E-state index contributed by atoms with van der Waals surface area (Å²) in [7, 11) is 1.50. The van der Waals surface area contributed by atoms with E-state index in [1.807, 2.05) is 12.1 Å². The topological polar surface area (TPSA) is 92.0 Å². The molecule has 3 saturated carbocycles. The lowest BCUT2D eigenvalue weighted by Crippen LogP contribution is -2.56. The van der Waals surface area contributed by atoms with E-state index in [9.17, 15) is 14.3 Å². The minimum Gasteiger partial charge on any atom is -0.497 e. The molecule has 1 unspecified atom stereocenters. The molecule has 218 valence electrons. The van der Waals surface area contributed by atoms with E-state index in [1.165, 1.54) is 30.5 Å². The van der Waals surface area contributed by atoms with Crippen LogP contribution in [-0.2, 0) is 13.0 Å². The number of nitrogens with zero attached hydrogens (tertiary/aromatic N) is 4. The second-order valence-corrected chi connectivity index (χ2v) is 12.7. The van der Waals surface area contributed by atoms with Gasteiger partial charge in [-0.25, -0.2) is 14.4 Å². The van der Waals surface area contributed by atoms with Gasteiger partial charge in [0.2, 0.25) is 0 Å². The molecular formula is C32H40FN5O3. The Morgan fingerprint density at radius 2 is 2.07 bits per heavy atom. The number of anilines is 1. The van der Waals surface area contributed by atoms with Crippen molar-refractivity contribution in [1.29, 1.82) is 0 Å². The Morgan fingerprint density at radius 1 is 1.24 bits per heavy atom. The number of aromatic nitrogens is 2. The number of halogens is 1. The number of aliphatic imine (C=N–C) groups is 1. The molecule has 4 aliphatic rings. The third-order valence-corrected chi connectivity index (χ3v) is 10.0. The number of nitrogens with one attached hydrogen (secondary N) is 1. The van der Waals surface area contributed by atoms with Gasteiger partial charge in [-0.3, -0.25) is 9.36 Å². The molecule has 5 atom stereocenters. The molecule has 2 heterocycles. The lowest BCUT2D eigenvalue weighted by Gasteiger charge is -2.61. The number of benzene rings is 2. The third-order valence-electron chi connectivity index (χ3n) is 10.0. The van der Waals surface area contributed by atoms with E-state index in [0.717, 1.165) is 31.0 Å². The van der Waals surface area contributed by atoms with Gasteiger partial charge < -0.3 is 20.1 Å². The molecule has 2 N–H and O–H groups in total. The normalized spacial score (nSPS) is 27.1. The minimum atomic E-state index is -0.360. The van der Waals surface area contributed by atoms with Crippen LogP contribution in [0.5, 0.6) is 5.75 Å². The van der Waals surface area contributed by atoms with Crippen molar-refractivity contribution in [1.82, 2.24) is 14.5 Å². The number of hydrogen-bond donors (Lipinski definition) is 2. The van der Waals surface area contributed by atoms with Gasteiger partial charge in [-0.05, 0) is 78.7 Å². The number of aryl methyl sites for hydroxylation is 2. The Kier molecular flexibility index (Phi) is 7.26. The fraction of sp³-hybridized carbons (Fsp3) is 0.531. The second-order valence-electron chi connectivity index (χ2n) is 12.7. The van der Waals surface area contributed by atoms with Crippen LogP contribution in [0.3, 0.4) is 0 Å². The Balaban J connectivity index is 1.21. The van der Waals surface area contributed by atoms with Crippen molar-refractivity contribution in [2.24, 2.45) is 28.2 Å². The number of rotatable bonds is 6. The van der Waals surface area contributed by atoms with Crippen LogP contribution in [0.25, 0.3) is 10.9 Å². The number of aliphatic hydroxyl groups excluding tert-OH is 1. The number of methoxy groups -OCH3 is 1. The van der Waals surface area contributed by atoms with Gasteiger partial charge in [-0.1, -0.05) is 26.8 Å². The molecular weight excluding hydrogens is 521 g/mol. The lowest BCUT2D eigenvalue weighted by molar-refractivity contribution is -0.108. The highest BCUT2D eigenvalue weighted by atomic mass is 19.1. The largest absolute Gasteiger partial charge is 0.497 e. The average Bonchev–Trinajstić information content (AvgIpc) is 3.39. The first-order valence-electron chi connectivity index (χ1n) is 14.7. The average molecular weight is 562 g/mol. The molecule has 0 radical (unpaired) electrons.